The molecule has 4 heteroatoms. The van der Waals surface area contributed by atoms with Crippen molar-refractivity contribution < 1.29 is 8.85 Å². The van der Waals surface area contributed by atoms with Gasteiger partial charge < -0.3 is 8.85 Å². The average Bonchev–Trinajstić information content (AvgIpc) is 2.31. The molecule has 0 aliphatic rings. The summed E-state index contributed by atoms with van der Waals surface area (Å²) in [5, 5.41) is 0. The Labute approximate surface area is 97.6 Å². The first-order valence-electron chi connectivity index (χ1n) is 6.11. The molecule has 0 amide bonds. The largest absolute Gasteiger partial charge is 0.398 e. The van der Waals surface area contributed by atoms with Gasteiger partial charge in [0.25, 0.3) is 0 Å². The molecule has 0 atom stereocenters. The van der Waals surface area contributed by atoms with E-state index < -0.39 is 16.6 Å². The zero-order valence-electron chi connectivity index (χ0n) is 11.4. The number of hydrogen-bond donors (Lipinski definition) is 0. The summed E-state index contributed by atoms with van der Waals surface area (Å²) in [7, 11) is 0.783. The molecule has 15 heavy (non-hydrogen) atoms. The highest BCUT2D eigenvalue weighted by atomic mass is 28.4. The van der Waals surface area contributed by atoms with Crippen molar-refractivity contribution in [2.75, 3.05) is 14.2 Å². The minimum absolute atomic E-state index is 0.985. The van der Waals surface area contributed by atoms with Crippen LogP contribution in [0.25, 0.3) is 0 Å². The van der Waals surface area contributed by atoms with Gasteiger partial charge in [0.2, 0.25) is 0 Å². The third kappa shape index (κ3) is 4.38. The molecule has 0 aromatic heterocycles. The van der Waals surface area contributed by atoms with Gasteiger partial charge >= 0.3 is 8.56 Å². The molecule has 0 bridgehead atoms. The Balaban J connectivity index is 4.32. The predicted molar refractivity (Wildman–Crippen MR) is 72.4 cm³/mol. The van der Waals surface area contributed by atoms with Crippen LogP contribution in [0.4, 0.5) is 0 Å². The summed E-state index contributed by atoms with van der Waals surface area (Å²) in [6, 6.07) is 6.75. The fourth-order valence-electron chi connectivity index (χ4n) is 2.06. The van der Waals surface area contributed by atoms with Crippen LogP contribution in [0.5, 0.6) is 0 Å². The van der Waals surface area contributed by atoms with E-state index in [-0.39, 0.29) is 0 Å². The molecule has 0 fully saturated rings. The number of hydrogen-bond acceptors (Lipinski definition) is 2. The van der Waals surface area contributed by atoms with Crippen LogP contribution in [0.15, 0.2) is 0 Å². The highest BCUT2D eigenvalue weighted by molar-refractivity contribution is 6.81. The molecule has 2 nitrogen and oxygen atoms in total. The molecule has 0 saturated carbocycles. The first kappa shape index (κ1) is 15.4. The second-order valence-electron chi connectivity index (χ2n) is 4.60. The molecule has 0 aliphatic heterocycles. The average molecular weight is 249 g/mol. The van der Waals surface area contributed by atoms with Crippen molar-refractivity contribution in [2.24, 2.45) is 0 Å². The summed E-state index contributed by atoms with van der Waals surface area (Å²) >= 11 is 0. The molecular formula is C11H28O2Si2. The van der Waals surface area contributed by atoms with Crippen LogP contribution in [0, 0.1) is 0 Å². The van der Waals surface area contributed by atoms with Crippen molar-refractivity contribution in [2.45, 2.75) is 57.5 Å². The summed E-state index contributed by atoms with van der Waals surface area (Å²) in [4.78, 5) is 0. The molecule has 0 unspecified atom stereocenters. The lowest BCUT2D eigenvalue weighted by atomic mass is 10.9. The van der Waals surface area contributed by atoms with Crippen LogP contribution in [-0.2, 0) is 8.85 Å². The highest BCUT2D eigenvalue weighted by Gasteiger charge is 2.34. The molecule has 0 N–H and O–H groups in total. The van der Waals surface area contributed by atoms with Crippen LogP contribution in [0.2, 0.25) is 36.8 Å². The maximum Gasteiger partial charge on any atom is 0.334 e. The SMILES string of the molecule is CC[Si](CC)(CC)CC[Si](C)(OC)OC. The number of rotatable bonds is 8. The van der Waals surface area contributed by atoms with Crippen molar-refractivity contribution in [3.63, 3.8) is 0 Å². The Morgan fingerprint density at radius 3 is 1.47 bits per heavy atom. The highest BCUT2D eigenvalue weighted by Crippen LogP contribution is 2.30. The minimum Gasteiger partial charge on any atom is -0.398 e. The van der Waals surface area contributed by atoms with Gasteiger partial charge in [0.1, 0.15) is 0 Å². The van der Waals surface area contributed by atoms with E-state index >= 15 is 0 Å². The molecule has 0 radical (unpaired) electrons. The summed E-state index contributed by atoms with van der Waals surface area (Å²) in [6.07, 6.45) is 0. The standard InChI is InChI=1S/C11H28O2Si2/c1-7-15(8-2,9-3)11-10-14(6,12-4)13-5/h7-11H2,1-6H3. The van der Waals surface area contributed by atoms with Crippen LogP contribution >= 0.6 is 0 Å². The summed E-state index contributed by atoms with van der Waals surface area (Å²) < 4.78 is 11.1. The van der Waals surface area contributed by atoms with Gasteiger partial charge in [-0.2, -0.15) is 0 Å². The molecule has 92 valence electrons. The second kappa shape index (κ2) is 6.83. The molecule has 0 aromatic rings. The predicted octanol–water partition coefficient (Wildman–Crippen LogP) is 3.86. The third-order valence-electron chi connectivity index (χ3n) is 4.22. The van der Waals surface area contributed by atoms with E-state index in [0.717, 1.165) is 0 Å². The van der Waals surface area contributed by atoms with Crippen molar-refractivity contribution in [1.82, 2.24) is 0 Å². The molecule has 0 spiro atoms. The van der Waals surface area contributed by atoms with E-state index in [1.165, 1.54) is 30.2 Å². The first-order valence-corrected chi connectivity index (χ1v) is 11.5. The van der Waals surface area contributed by atoms with Gasteiger partial charge in [-0.05, 0) is 12.6 Å². The van der Waals surface area contributed by atoms with Crippen molar-refractivity contribution in [3.05, 3.63) is 0 Å². The lowest BCUT2D eigenvalue weighted by Gasteiger charge is -2.32. The Morgan fingerprint density at radius 2 is 1.20 bits per heavy atom. The Bertz CT molecular complexity index is 158. The van der Waals surface area contributed by atoms with E-state index in [9.17, 15) is 0 Å². The Hall–Kier alpha value is 0.354. The van der Waals surface area contributed by atoms with Gasteiger partial charge in [-0.1, -0.05) is 44.9 Å². The monoisotopic (exact) mass is 248 g/mol. The molecule has 0 aromatic carbocycles. The molecule has 0 rings (SSSR count). The van der Waals surface area contributed by atoms with E-state index in [1.54, 1.807) is 14.2 Å². The van der Waals surface area contributed by atoms with Crippen LogP contribution in [0.3, 0.4) is 0 Å². The van der Waals surface area contributed by atoms with Crippen LogP contribution < -0.4 is 0 Å². The summed E-state index contributed by atoms with van der Waals surface area (Å²) in [5.74, 6) is 0. The van der Waals surface area contributed by atoms with E-state index in [4.69, 9.17) is 8.85 Å². The molecule has 0 heterocycles. The lowest BCUT2D eigenvalue weighted by molar-refractivity contribution is 0.251. The van der Waals surface area contributed by atoms with Gasteiger partial charge in [-0.3, -0.25) is 0 Å². The van der Waals surface area contributed by atoms with E-state index in [0.29, 0.717) is 0 Å². The summed E-state index contributed by atoms with van der Waals surface area (Å²) in [6.45, 7) is 9.25. The maximum atomic E-state index is 5.55. The zero-order chi connectivity index (χ0) is 11.9. The van der Waals surface area contributed by atoms with Crippen LogP contribution in [0.1, 0.15) is 20.8 Å². The van der Waals surface area contributed by atoms with Gasteiger partial charge in [-0.15, -0.1) is 0 Å². The zero-order valence-corrected chi connectivity index (χ0v) is 13.4. The normalized spacial score (nSPS) is 13.2. The van der Waals surface area contributed by atoms with Crippen molar-refractivity contribution >= 4 is 16.6 Å². The maximum absolute atomic E-state index is 5.55. The molecule has 0 saturated heterocycles. The molecule has 0 aliphatic carbocycles. The fraction of sp³-hybridized carbons (Fsp3) is 1.00. The first-order chi connectivity index (χ1) is 7.01. The van der Waals surface area contributed by atoms with E-state index in [1.807, 2.05) is 0 Å². The van der Waals surface area contributed by atoms with Gasteiger partial charge in [0.15, 0.2) is 0 Å². The van der Waals surface area contributed by atoms with Gasteiger partial charge in [0.05, 0.1) is 8.07 Å². The quantitative estimate of drug-likeness (QED) is 0.607. The Morgan fingerprint density at radius 1 is 0.800 bits per heavy atom. The van der Waals surface area contributed by atoms with Gasteiger partial charge in [0, 0.05) is 14.2 Å². The minimum atomic E-state index is -1.82. The lowest BCUT2D eigenvalue weighted by Crippen LogP contribution is -2.40. The van der Waals surface area contributed by atoms with E-state index in [2.05, 4.69) is 27.3 Å². The van der Waals surface area contributed by atoms with Crippen molar-refractivity contribution in [1.29, 1.82) is 0 Å². The Kier molecular flexibility index (Phi) is 6.99. The molecular weight excluding hydrogens is 220 g/mol. The van der Waals surface area contributed by atoms with Crippen LogP contribution in [-0.4, -0.2) is 30.9 Å². The topological polar surface area (TPSA) is 18.5 Å². The smallest absolute Gasteiger partial charge is 0.334 e. The fourth-order valence-corrected chi connectivity index (χ4v) is 9.13. The van der Waals surface area contributed by atoms with Gasteiger partial charge in [-0.25, -0.2) is 0 Å². The summed E-state index contributed by atoms with van der Waals surface area (Å²) in [5.41, 5.74) is 0. The van der Waals surface area contributed by atoms with Crippen molar-refractivity contribution in [3.8, 4) is 0 Å². The second-order valence-corrected chi connectivity index (χ2v) is 13.8. The third-order valence-corrected chi connectivity index (χ3v) is 13.4.